The summed E-state index contributed by atoms with van der Waals surface area (Å²) in [5.41, 5.74) is 8.56. The van der Waals surface area contributed by atoms with Crippen LogP contribution in [0.2, 0.25) is 5.02 Å². The molecule has 142 valence electrons. The van der Waals surface area contributed by atoms with Crippen LogP contribution in [-0.2, 0) is 16.0 Å². The minimum absolute atomic E-state index is 0.0699. The summed E-state index contributed by atoms with van der Waals surface area (Å²) in [6.45, 7) is 0. The summed E-state index contributed by atoms with van der Waals surface area (Å²) in [6.07, 6.45) is 1.20. The van der Waals surface area contributed by atoms with Gasteiger partial charge in [0.15, 0.2) is 0 Å². The first kappa shape index (κ1) is 19.7. The predicted octanol–water partition coefficient (Wildman–Crippen LogP) is 3.35. The van der Waals surface area contributed by atoms with E-state index in [1.54, 1.807) is 30.0 Å². The highest BCUT2D eigenvalue weighted by molar-refractivity contribution is 7.99. The van der Waals surface area contributed by atoms with Gasteiger partial charge in [0.05, 0.1) is 12.7 Å². The maximum absolute atomic E-state index is 12.9. The molecule has 2 aromatic carbocycles. The summed E-state index contributed by atoms with van der Waals surface area (Å²) in [4.78, 5) is 26.0. The maximum atomic E-state index is 12.9. The molecule has 0 saturated carbocycles. The Labute approximate surface area is 167 Å². The Bertz CT molecular complexity index is 842. The van der Waals surface area contributed by atoms with Crippen LogP contribution in [0.25, 0.3) is 0 Å². The van der Waals surface area contributed by atoms with Crippen molar-refractivity contribution >= 4 is 35.2 Å². The van der Waals surface area contributed by atoms with Crippen molar-refractivity contribution in [3.63, 3.8) is 0 Å². The Kier molecular flexibility index (Phi) is 6.42. The average Bonchev–Trinajstić information content (AvgIpc) is 2.68. The molecule has 1 aliphatic rings. The Morgan fingerprint density at radius 1 is 1.30 bits per heavy atom. The zero-order valence-corrected chi connectivity index (χ0v) is 16.5. The number of nitrogens with one attached hydrogen (secondary N) is 1. The van der Waals surface area contributed by atoms with Crippen molar-refractivity contribution in [2.24, 2.45) is 5.73 Å². The van der Waals surface area contributed by atoms with E-state index in [4.69, 9.17) is 22.1 Å². The van der Waals surface area contributed by atoms with Gasteiger partial charge in [0.25, 0.3) is 5.91 Å². The zero-order valence-electron chi connectivity index (χ0n) is 14.9. The minimum Gasteiger partial charge on any atom is -0.467 e. The number of rotatable bonds is 5. The molecule has 0 spiro atoms. The SMILES string of the molecule is COC(=O)[C@H](Cc1ccc(Cl)cc1)NC(=O)c1cccc2c1SCCC2N. The molecule has 7 heteroatoms. The average molecular weight is 405 g/mol. The smallest absolute Gasteiger partial charge is 0.328 e. The summed E-state index contributed by atoms with van der Waals surface area (Å²) < 4.78 is 4.87. The summed E-state index contributed by atoms with van der Waals surface area (Å²) in [7, 11) is 1.31. The van der Waals surface area contributed by atoms with Crippen LogP contribution in [-0.4, -0.2) is 30.8 Å². The number of nitrogens with two attached hydrogens (primary N) is 1. The number of amides is 1. The largest absolute Gasteiger partial charge is 0.467 e. The number of hydrogen-bond acceptors (Lipinski definition) is 5. The molecule has 0 bridgehead atoms. The molecular formula is C20H21ClN2O3S. The first-order valence-electron chi connectivity index (χ1n) is 8.64. The predicted molar refractivity (Wildman–Crippen MR) is 107 cm³/mol. The van der Waals surface area contributed by atoms with Crippen LogP contribution >= 0.6 is 23.4 Å². The molecule has 3 rings (SSSR count). The fraction of sp³-hybridized carbons (Fsp3) is 0.300. The topological polar surface area (TPSA) is 81.4 Å². The van der Waals surface area contributed by atoms with Crippen LogP contribution in [0.15, 0.2) is 47.4 Å². The maximum Gasteiger partial charge on any atom is 0.328 e. The number of halogens is 1. The minimum atomic E-state index is -0.790. The van der Waals surface area contributed by atoms with Crippen LogP contribution in [0.3, 0.4) is 0 Å². The normalized spacial score (nSPS) is 16.9. The second-order valence-electron chi connectivity index (χ2n) is 6.35. The van der Waals surface area contributed by atoms with Gasteiger partial charge in [-0.1, -0.05) is 35.9 Å². The Morgan fingerprint density at radius 2 is 2.04 bits per heavy atom. The molecule has 2 aromatic rings. The van der Waals surface area contributed by atoms with Gasteiger partial charge in [0, 0.05) is 22.4 Å². The fourth-order valence-corrected chi connectivity index (χ4v) is 4.46. The molecule has 1 unspecified atom stereocenters. The zero-order chi connectivity index (χ0) is 19.4. The highest BCUT2D eigenvalue weighted by Gasteiger charge is 2.26. The molecule has 5 nitrogen and oxygen atoms in total. The van der Waals surface area contributed by atoms with Gasteiger partial charge in [-0.25, -0.2) is 4.79 Å². The van der Waals surface area contributed by atoms with E-state index in [1.807, 2.05) is 24.3 Å². The lowest BCUT2D eigenvalue weighted by atomic mass is 10.0. The number of fused-ring (bicyclic) bond motifs is 1. The van der Waals surface area contributed by atoms with Crippen molar-refractivity contribution in [2.75, 3.05) is 12.9 Å². The molecule has 3 N–H and O–H groups in total. The molecule has 0 saturated heterocycles. The number of carbonyl (C=O) groups is 2. The number of methoxy groups -OCH3 is 1. The first-order valence-corrected chi connectivity index (χ1v) is 10.0. The Hall–Kier alpha value is -2.02. The van der Waals surface area contributed by atoms with Crippen molar-refractivity contribution in [1.82, 2.24) is 5.32 Å². The van der Waals surface area contributed by atoms with Crippen LogP contribution in [0.5, 0.6) is 0 Å². The van der Waals surface area contributed by atoms with E-state index in [1.165, 1.54) is 7.11 Å². The third-order valence-electron chi connectivity index (χ3n) is 4.51. The lowest BCUT2D eigenvalue weighted by Crippen LogP contribution is -2.43. The van der Waals surface area contributed by atoms with E-state index >= 15 is 0 Å². The molecule has 0 fully saturated rings. The molecule has 0 aliphatic carbocycles. The summed E-state index contributed by atoms with van der Waals surface area (Å²) in [6, 6.07) is 11.8. The van der Waals surface area contributed by atoms with Crippen molar-refractivity contribution in [3.8, 4) is 0 Å². The summed E-state index contributed by atoms with van der Waals surface area (Å²) in [5, 5.41) is 3.42. The number of hydrogen-bond donors (Lipinski definition) is 2. The molecule has 2 atom stereocenters. The fourth-order valence-electron chi connectivity index (χ4n) is 3.06. The molecule has 0 aromatic heterocycles. The van der Waals surface area contributed by atoms with E-state index in [0.29, 0.717) is 17.0 Å². The quantitative estimate of drug-likeness (QED) is 0.747. The van der Waals surface area contributed by atoms with Crippen molar-refractivity contribution in [2.45, 2.75) is 29.8 Å². The summed E-state index contributed by atoms with van der Waals surface area (Å²) in [5.74, 6) is 0.0641. The molecule has 1 heterocycles. The van der Waals surface area contributed by atoms with E-state index in [9.17, 15) is 9.59 Å². The Morgan fingerprint density at radius 3 is 2.74 bits per heavy atom. The van der Waals surface area contributed by atoms with E-state index < -0.39 is 12.0 Å². The number of ether oxygens (including phenoxy) is 1. The number of thioether (sulfide) groups is 1. The van der Waals surface area contributed by atoms with Gasteiger partial charge in [-0.2, -0.15) is 0 Å². The monoisotopic (exact) mass is 404 g/mol. The van der Waals surface area contributed by atoms with Gasteiger partial charge in [-0.3, -0.25) is 4.79 Å². The van der Waals surface area contributed by atoms with E-state index in [2.05, 4.69) is 5.32 Å². The lowest BCUT2D eigenvalue weighted by Gasteiger charge is -2.24. The van der Waals surface area contributed by atoms with E-state index in [0.717, 1.165) is 28.2 Å². The van der Waals surface area contributed by atoms with Crippen LogP contribution < -0.4 is 11.1 Å². The van der Waals surface area contributed by atoms with Crippen molar-refractivity contribution < 1.29 is 14.3 Å². The molecule has 1 aliphatic heterocycles. The van der Waals surface area contributed by atoms with Crippen molar-refractivity contribution in [1.29, 1.82) is 0 Å². The van der Waals surface area contributed by atoms with Crippen LogP contribution in [0.4, 0.5) is 0 Å². The number of benzene rings is 2. The molecule has 27 heavy (non-hydrogen) atoms. The number of esters is 1. The highest BCUT2D eigenvalue weighted by Crippen LogP contribution is 2.37. The third-order valence-corrected chi connectivity index (χ3v) is 5.95. The summed E-state index contributed by atoms with van der Waals surface area (Å²) >= 11 is 7.53. The van der Waals surface area contributed by atoms with Crippen LogP contribution in [0.1, 0.15) is 33.9 Å². The Balaban J connectivity index is 1.82. The van der Waals surface area contributed by atoms with Gasteiger partial charge in [-0.05, 0) is 41.5 Å². The second kappa shape index (κ2) is 8.78. The van der Waals surface area contributed by atoms with Gasteiger partial charge >= 0.3 is 5.97 Å². The van der Waals surface area contributed by atoms with E-state index in [-0.39, 0.29) is 11.9 Å². The molecule has 1 amide bonds. The first-order chi connectivity index (χ1) is 13.0. The molecular weight excluding hydrogens is 384 g/mol. The third kappa shape index (κ3) is 4.64. The molecule has 0 radical (unpaired) electrons. The van der Waals surface area contributed by atoms with Gasteiger partial charge in [0.2, 0.25) is 0 Å². The van der Waals surface area contributed by atoms with Crippen molar-refractivity contribution in [3.05, 3.63) is 64.2 Å². The highest BCUT2D eigenvalue weighted by atomic mass is 35.5. The van der Waals surface area contributed by atoms with Gasteiger partial charge in [0.1, 0.15) is 6.04 Å². The number of carbonyl (C=O) groups excluding carboxylic acids is 2. The second-order valence-corrected chi connectivity index (χ2v) is 7.89. The van der Waals surface area contributed by atoms with Gasteiger partial charge < -0.3 is 15.8 Å². The standard InChI is InChI=1S/C20H21ClN2O3S/c1-26-20(25)17(11-12-5-7-13(21)8-6-12)23-19(24)15-4-2-3-14-16(22)9-10-27-18(14)15/h2-8,16-17H,9-11,22H2,1H3,(H,23,24)/t16?,17-/m0/s1. The lowest BCUT2D eigenvalue weighted by molar-refractivity contribution is -0.142. The van der Waals surface area contributed by atoms with Gasteiger partial charge in [-0.15, -0.1) is 11.8 Å². The van der Waals surface area contributed by atoms with Crippen LogP contribution in [0, 0.1) is 0 Å².